The van der Waals surface area contributed by atoms with Gasteiger partial charge in [0.15, 0.2) is 0 Å². The molecule has 0 N–H and O–H groups in total. The smallest absolute Gasteiger partial charge is 0.143 e. The average Bonchev–Trinajstić information content (AvgIpc) is 4.07. The Morgan fingerprint density at radius 2 is 1.11 bits per heavy atom. The van der Waals surface area contributed by atoms with Crippen molar-refractivity contribution in [2.45, 2.75) is 50.4 Å². The number of benzene rings is 8. The Balaban J connectivity index is 0.967. The molecule has 5 aliphatic rings. The van der Waals surface area contributed by atoms with Crippen molar-refractivity contribution in [2.24, 2.45) is 0 Å². The molecule has 0 radical (unpaired) electrons. The minimum atomic E-state index is -0.474. The van der Waals surface area contributed by atoms with E-state index >= 15 is 0 Å². The Morgan fingerprint density at radius 3 is 1.82 bits per heavy atom. The maximum absolute atomic E-state index is 7.02. The highest BCUT2D eigenvalue weighted by Gasteiger charge is 2.52. The largest absolute Gasteiger partial charge is 0.455 e. The summed E-state index contributed by atoms with van der Waals surface area (Å²) in [6.45, 7) is 4.83. The molecule has 0 atom stereocenters. The summed E-state index contributed by atoms with van der Waals surface area (Å²) in [4.78, 5) is 2.44. The molecule has 0 bridgehead atoms. The Kier molecular flexibility index (Phi) is 7.94. The fraction of sp³-hybridized carbons (Fsp3) is 0.125. The van der Waals surface area contributed by atoms with Crippen LogP contribution in [0.1, 0.15) is 78.5 Å². The Hall–Kier alpha value is -7.68. The van der Waals surface area contributed by atoms with Crippen LogP contribution in [-0.4, -0.2) is 0 Å². The number of hydrogen-bond acceptors (Lipinski definition) is 2. The Labute approximate surface area is 386 Å². The Bertz CT molecular complexity index is 3610. The van der Waals surface area contributed by atoms with Crippen LogP contribution >= 0.6 is 0 Å². The average molecular weight is 846 g/mol. The van der Waals surface area contributed by atoms with Crippen molar-refractivity contribution >= 4 is 50.1 Å². The molecule has 9 aromatic rings. The summed E-state index contributed by atoms with van der Waals surface area (Å²) in [5.41, 5.74) is 25.8. The van der Waals surface area contributed by atoms with E-state index in [2.05, 4.69) is 219 Å². The molecule has 0 amide bonds. The van der Waals surface area contributed by atoms with Gasteiger partial charge in [0.1, 0.15) is 11.2 Å². The number of fused-ring (bicyclic) bond motifs is 16. The van der Waals surface area contributed by atoms with Gasteiger partial charge in [-0.3, -0.25) is 0 Å². The molecule has 0 fully saturated rings. The van der Waals surface area contributed by atoms with Gasteiger partial charge in [0, 0.05) is 38.8 Å². The highest BCUT2D eigenvalue weighted by Crippen LogP contribution is 2.65. The molecule has 0 aliphatic heterocycles. The maximum atomic E-state index is 7.02. The van der Waals surface area contributed by atoms with Crippen molar-refractivity contribution in [1.82, 2.24) is 0 Å². The van der Waals surface area contributed by atoms with Crippen molar-refractivity contribution in [3.8, 4) is 33.4 Å². The lowest BCUT2D eigenvalue weighted by Gasteiger charge is -2.31. The summed E-state index contributed by atoms with van der Waals surface area (Å²) in [7, 11) is 0. The number of allylic oxidation sites excluding steroid dienone is 8. The molecule has 1 heterocycles. The van der Waals surface area contributed by atoms with Crippen LogP contribution in [-0.2, 0) is 10.8 Å². The first-order chi connectivity index (χ1) is 32.5. The first-order valence-electron chi connectivity index (χ1n) is 23.7. The Morgan fingerprint density at radius 1 is 0.485 bits per heavy atom. The first kappa shape index (κ1) is 37.7. The lowest BCUT2D eigenvalue weighted by atomic mass is 9.70. The summed E-state index contributed by atoms with van der Waals surface area (Å²) in [5, 5.41) is 2.33. The highest BCUT2D eigenvalue weighted by molar-refractivity contribution is 6.19. The van der Waals surface area contributed by atoms with Crippen LogP contribution in [0.15, 0.2) is 210 Å². The van der Waals surface area contributed by atoms with E-state index in [0.717, 1.165) is 64.7 Å². The minimum Gasteiger partial charge on any atom is -0.455 e. The molecule has 1 spiro atoms. The fourth-order valence-corrected chi connectivity index (χ4v) is 12.7. The molecule has 2 nitrogen and oxygen atoms in total. The second-order valence-corrected chi connectivity index (χ2v) is 19.3. The van der Waals surface area contributed by atoms with Crippen LogP contribution in [0.2, 0.25) is 0 Å². The monoisotopic (exact) mass is 845 g/mol. The van der Waals surface area contributed by atoms with Crippen molar-refractivity contribution in [3.05, 3.63) is 245 Å². The summed E-state index contributed by atoms with van der Waals surface area (Å²) in [6.07, 6.45) is 16.0. The lowest BCUT2D eigenvalue weighted by Crippen LogP contribution is -2.25. The van der Waals surface area contributed by atoms with Crippen LogP contribution < -0.4 is 4.90 Å². The number of rotatable bonds is 5. The highest BCUT2D eigenvalue weighted by atomic mass is 16.3. The van der Waals surface area contributed by atoms with Crippen LogP contribution in [0, 0.1) is 0 Å². The predicted octanol–water partition coefficient (Wildman–Crippen LogP) is 17.2. The molecule has 1 aromatic heterocycles. The van der Waals surface area contributed by atoms with Crippen LogP contribution in [0.25, 0.3) is 66.5 Å². The number of anilines is 3. The maximum Gasteiger partial charge on any atom is 0.143 e. The standard InChI is InChI=1S/C64H47NO/c1-63(2)53-23-11-6-18-46(53)49-37-36-45(38-57(49)63)65(43-32-28-41(29-33-43)40-16-4-3-5-17-40)44-34-30-42(31-35-44)52-39-58-60(61-51-22-10-15-27-59(51)66-62(52)61)50-21-9-14-26-56(50)64(58)54-24-12-7-19-47(54)48-20-8-13-25-55(48)64/h4,6-10,12-22,24-39H,3,5,11,23H2,1-2H3. The van der Waals surface area contributed by atoms with Gasteiger partial charge in [-0.15, -0.1) is 0 Å². The fourth-order valence-electron chi connectivity index (χ4n) is 12.7. The van der Waals surface area contributed by atoms with Gasteiger partial charge in [-0.1, -0.05) is 171 Å². The zero-order chi connectivity index (χ0) is 43.7. The molecule has 5 aliphatic carbocycles. The van der Waals surface area contributed by atoms with Crippen molar-refractivity contribution in [2.75, 3.05) is 4.90 Å². The number of furan rings is 1. The molecule has 314 valence electrons. The van der Waals surface area contributed by atoms with E-state index in [9.17, 15) is 0 Å². The molecular formula is C64H47NO. The zero-order valence-electron chi connectivity index (χ0n) is 37.2. The third-order valence-electron chi connectivity index (χ3n) is 15.6. The molecule has 66 heavy (non-hydrogen) atoms. The van der Waals surface area contributed by atoms with Crippen LogP contribution in [0.4, 0.5) is 17.1 Å². The molecule has 0 unspecified atom stereocenters. The predicted molar refractivity (Wildman–Crippen MR) is 275 cm³/mol. The first-order valence-corrected chi connectivity index (χ1v) is 23.7. The van der Waals surface area contributed by atoms with E-state index in [-0.39, 0.29) is 5.41 Å². The van der Waals surface area contributed by atoms with E-state index in [1.54, 1.807) is 5.57 Å². The lowest BCUT2D eigenvalue weighted by molar-refractivity contribution is 0.607. The quantitative estimate of drug-likeness (QED) is 0.172. The molecule has 8 aromatic carbocycles. The third-order valence-corrected chi connectivity index (χ3v) is 15.6. The van der Waals surface area contributed by atoms with E-state index in [1.165, 1.54) is 83.4 Å². The topological polar surface area (TPSA) is 16.4 Å². The van der Waals surface area contributed by atoms with Gasteiger partial charge >= 0.3 is 0 Å². The molecule has 0 saturated heterocycles. The number of para-hydroxylation sites is 1. The summed E-state index contributed by atoms with van der Waals surface area (Å²) in [5.74, 6) is 0. The van der Waals surface area contributed by atoms with Crippen LogP contribution in [0.5, 0.6) is 0 Å². The number of hydrogen-bond donors (Lipinski definition) is 0. The van der Waals surface area contributed by atoms with Gasteiger partial charge in [-0.2, -0.15) is 0 Å². The second kappa shape index (κ2) is 13.9. The van der Waals surface area contributed by atoms with Crippen molar-refractivity contribution in [3.63, 3.8) is 0 Å². The minimum absolute atomic E-state index is 0.0342. The van der Waals surface area contributed by atoms with Crippen molar-refractivity contribution in [1.29, 1.82) is 0 Å². The molecule has 14 rings (SSSR count). The molecule has 0 saturated carbocycles. The van der Waals surface area contributed by atoms with Gasteiger partial charge in [0.05, 0.1) is 5.41 Å². The third kappa shape index (κ3) is 5.07. The molecule has 2 heteroatoms. The summed E-state index contributed by atoms with van der Waals surface area (Å²) in [6, 6.07) is 63.9. The van der Waals surface area contributed by atoms with Gasteiger partial charge in [0.25, 0.3) is 0 Å². The summed E-state index contributed by atoms with van der Waals surface area (Å²) >= 11 is 0. The van der Waals surface area contributed by atoms with Gasteiger partial charge in [-0.05, 0) is 152 Å². The van der Waals surface area contributed by atoms with Crippen LogP contribution in [0.3, 0.4) is 0 Å². The SMILES string of the molecule is CC1(C)C2=C(C=CCC2)c2ccc(N(c3ccc(C4=CCCC=C4)cc3)c3ccc(-c4cc5c(c6c4oc4ccccc46)-c4ccccc4C54c5ccccc5-c5ccccc54)cc3)cc21. The van der Waals surface area contributed by atoms with Gasteiger partial charge < -0.3 is 9.32 Å². The normalized spacial score (nSPS) is 16.5. The van der Waals surface area contributed by atoms with E-state index in [1.807, 2.05) is 0 Å². The zero-order valence-corrected chi connectivity index (χ0v) is 37.2. The van der Waals surface area contributed by atoms with Gasteiger partial charge in [0.2, 0.25) is 0 Å². The van der Waals surface area contributed by atoms with Gasteiger partial charge in [-0.25, -0.2) is 0 Å². The van der Waals surface area contributed by atoms with E-state index < -0.39 is 5.41 Å². The van der Waals surface area contributed by atoms with Crippen molar-refractivity contribution < 1.29 is 4.42 Å². The second-order valence-electron chi connectivity index (χ2n) is 19.3. The summed E-state index contributed by atoms with van der Waals surface area (Å²) < 4.78 is 7.02. The van der Waals surface area contributed by atoms with E-state index in [4.69, 9.17) is 4.42 Å². The van der Waals surface area contributed by atoms with E-state index in [0.29, 0.717) is 0 Å². The molecular weight excluding hydrogens is 799 g/mol. The number of nitrogens with zero attached hydrogens (tertiary/aromatic N) is 1.